The summed E-state index contributed by atoms with van der Waals surface area (Å²) in [4.78, 5) is 0. The number of aliphatic hydroxyl groups excluding tert-OH is 1. The molecule has 0 aromatic rings. The minimum atomic E-state index is -0.475. The molecule has 1 atom stereocenters. The lowest BCUT2D eigenvalue weighted by atomic mass is 10.1. The van der Waals surface area contributed by atoms with Crippen LogP contribution in [0, 0.1) is 5.92 Å². The highest BCUT2D eigenvalue weighted by molar-refractivity contribution is 4.58. The number of ether oxygens (including phenoxy) is 3. The number of nitrogens with one attached hydrogen (secondary N) is 1. The first-order chi connectivity index (χ1) is 8.66. The fourth-order valence-electron chi connectivity index (χ4n) is 1.25. The molecule has 0 saturated heterocycles. The summed E-state index contributed by atoms with van der Waals surface area (Å²) in [6.07, 6.45) is 0.619. The average Bonchev–Trinajstić information content (AvgIpc) is 2.33. The van der Waals surface area contributed by atoms with Gasteiger partial charge in [0.05, 0.1) is 32.5 Å². The highest BCUT2D eigenvalue weighted by Crippen LogP contribution is 1.98. The zero-order chi connectivity index (χ0) is 13.6. The number of hydrogen-bond acceptors (Lipinski definition) is 5. The summed E-state index contributed by atoms with van der Waals surface area (Å²) in [6.45, 7) is 8.56. The minimum absolute atomic E-state index is 0.338. The van der Waals surface area contributed by atoms with Crippen LogP contribution < -0.4 is 5.32 Å². The molecule has 0 aromatic heterocycles. The molecule has 110 valence electrons. The third-order valence-corrected chi connectivity index (χ3v) is 2.38. The van der Waals surface area contributed by atoms with Gasteiger partial charge < -0.3 is 24.6 Å². The molecule has 5 heteroatoms. The first-order valence-corrected chi connectivity index (χ1v) is 6.70. The summed E-state index contributed by atoms with van der Waals surface area (Å²) in [5.41, 5.74) is 0. The van der Waals surface area contributed by atoms with Gasteiger partial charge in [-0.25, -0.2) is 0 Å². The van der Waals surface area contributed by atoms with Gasteiger partial charge in [0.25, 0.3) is 0 Å². The van der Waals surface area contributed by atoms with Gasteiger partial charge in [-0.15, -0.1) is 0 Å². The van der Waals surface area contributed by atoms with E-state index in [4.69, 9.17) is 14.2 Å². The van der Waals surface area contributed by atoms with Crippen molar-refractivity contribution in [1.82, 2.24) is 5.32 Å². The fraction of sp³-hybridized carbons (Fsp3) is 1.00. The maximum Gasteiger partial charge on any atom is 0.0897 e. The predicted molar refractivity (Wildman–Crippen MR) is 71.8 cm³/mol. The zero-order valence-electron chi connectivity index (χ0n) is 12.0. The van der Waals surface area contributed by atoms with E-state index in [1.807, 2.05) is 0 Å². The SMILES string of the molecule is COCCOCC(O)CNCCOCCC(C)C. The largest absolute Gasteiger partial charge is 0.389 e. The molecule has 0 aromatic carbocycles. The van der Waals surface area contributed by atoms with Crippen LogP contribution in [0.15, 0.2) is 0 Å². The van der Waals surface area contributed by atoms with E-state index in [1.165, 1.54) is 0 Å². The Balaban J connectivity index is 3.12. The van der Waals surface area contributed by atoms with Gasteiger partial charge in [-0.1, -0.05) is 13.8 Å². The number of aliphatic hydroxyl groups is 1. The van der Waals surface area contributed by atoms with Crippen molar-refractivity contribution < 1.29 is 19.3 Å². The molecule has 1 unspecified atom stereocenters. The fourth-order valence-corrected chi connectivity index (χ4v) is 1.25. The monoisotopic (exact) mass is 263 g/mol. The van der Waals surface area contributed by atoms with Crippen molar-refractivity contribution in [2.45, 2.75) is 26.4 Å². The first-order valence-electron chi connectivity index (χ1n) is 6.70. The van der Waals surface area contributed by atoms with Crippen molar-refractivity contribution in [3.8, 4) is 0 Å². The Kier molecular flexibility index (Phi) is 13.1. The molecular formula is C13H29NO4. The molecule has 0 heterocycles. The first kappa shape index (κ1) is 17.8. The van der Waals surface area contributed by atoms with Gasteiger partial charge in [0, 0.05) is 26.8 Å². The lowest BCUT2D eigenvalue weighted by molar-refractivity contribution is 0.0131. The standard InChI is InChI=1S/C13H29NO4/c1-12(2)4-6-17-7-5-14-10-13(15)11-18-9-8-16-3/h12-15H,4-11H2,1-3H3. The van der Waals surface area contributed by atoms with E-state index in [0.717, 1.165) is 19.6 Å². The summed E-state index contributed by atoms with van der Waals surface area (Å²) in [6, 6.07) is 0. The van der Waals surface area contributed by atoms with Crippen LogP contribution >= 0.6 is 0 Å². The Labute approximate surface area is 111 Å². The Morgan fingerprint density at radius 3 is 2.50 bits per heavy atom. The molecule has 0 aliphatic heterocycles. The van der Waals surface area contributed by atoms with Gasteiger partial charge in [-0.3, -0.25) is 0 Å². The third-order valence-electron chi connectivity index (χ3n) is 2.38. The summed E-state index contributed by atoms with van der Waals surface area (Å²) in [7, 11) is 1.63. The summed E-state index contributed by atoms with van der Waals surface area (Å²) < 4.78 is 15.5. The van der Waals surface area contributed by atoms with Crippen molar-refractivity contribution in [2.75, 3.05) is 53.2 Å². The molecule has 0 bridgehead atoms. The van der Waals surface area contributed by atoms with E-state index in [-0.39, 0.29) is 0 Å². The van der Waals surface area contributed by atoms with E-state index in [0.29, 0.717) is 38.9 Å². The van der Waals surface area contributed by atoms with Crippen molar-refractivity contribution in [3.05, 3.63) is 0 Å². The van der Waals surface area contributed by atoms with Crippen LogP contribution in [0.2, 0.25) is 0 Å². The Bertz CT molecular complexity index is 167. The topological polar surface area (TPSA) is 60.0 Å². The Morgan fingerprint density at radius 1 is 1.06 bits per heavy atom. The second-order valence-electron chi connectivity index (χ2n) is 4.72. The number of rotatable bonds is 13. The maximum atomic E-state index is 9.55. The minimum Gasteiger partial charge on any atom is -0.389 e. The van der Waals surface area contributed by atoms with E-state index >= 15 is 0 Å². The molecule has 0 aliphatic carbocycles. The molecular weight excluding hydrogens is 234 g/mol. The second-order valence-corrected chi connectivity index (χ2v) is 4.72. The van der Waals surface area contributed by atoms with Gasteiger partial charge in [0.1, 0.15) is 0 Å². The lowest BCUT2D eigenvalue weighted by Crippen LogP contribution is -2.32. The van der Waals surface area contributed by atoms with Gasteiger partial charge in [0.2, 0.25) is 0 Å². The highest BCUT2D eigenvalue weighted by Gasteiger charge is 2.03. The van der Waals surface area contributed by atoms with Gasteiger partial charge in [-0.05, 0) is 12.3 Å². The maximum absolute atomic E-state index is 9.55. The van der Waals surface area contributed by atoms with E-state index in [1.54, 1.807) is 7.11 Å². The van der Waals surface area contributed by atoms with E-state index in [9.17, 15) is 5.11 Å². The number of methoxy groups -OCH3 is 1. The van der Waals surface area contributed by atoms with Crippen LogP contribution in [-0.4, -0.2) is 64.4 Å². The number of hydrogen-bond donors (Lipinski definition) is 2. The van der Waals surface area contributed by atoms with Crippen LogP contribution in [0.5, 0.6) is 0 Å². The quantitative estimate of drug-likeness (QED) is 0.478. The van der Waals surface area contributed by atoms with Crippen LogP contribution in [0.4, 0.5) is 0 Å². The molecule has 0 rings (SSSR count). The van der Waals surface area contributed by atoms with Gasteiger partial charge in [-0.2, -0.15) is 0 Å². The van der Waals surface area contributed by atoms with Crippen LogP contribution in [0.1, 0.15) is 20.3 Å². The molecule has 0 amide bonds. The molecule has 0 radical (unpaired) electrons. The molecule has 5 nitrogen and oxygen atoms in total. The second kappa shape index (κ2) is 13.2. The van der Waals surface area contributed by atoms with E-state index in [2.05, 4.69) is 19.2 Å². The van der Waals surface area contributed by atoms with Crippen molar-refractivity contribution >= 4 is 0 Å². The van der Waals surface area contributed by atoms with Crippen LogP contribution in [-0.2, 0) is 14.2 Å². The molecule has 0 fully saturated rings. The average molecular weight is 263 g/mol. The van der Waals surface area contributed by atoms with Crippen molar-refractivity contribution in [2.24, 2.45) is 5.92 Å². The smallest absolute Gasteiger partial charge is 0.0897 e. The van der Waals surface area contributed by atoms with Crippen molar-refractivity contribution in [1.29, 1.82) is 0 Å². The lowest BCUT2D eigenvalue weighted by Gasteiger charge is -2.12. The normalized spacial score (nSPS) is 13.2. The molecule has 2 N–H and O–H groups in total. The van der Waals surface area contributed by atoms with Gasteiger partial charge in [0.15, 0.2) is 0 Å². The molecule has 0 spiro atoms. The Hall–Kier alpha value is -0.200. The molecule has 0 aliphatic rings. The third kappa shape index (κ3) is 13.9. The Morgan fingerprint density at radius 2 is 1.83 bits per heavy atom. The van der Waals surface area contributed by atoms with Crippen LogP contribution in [0.25, 0.3) is 0 Å². The van der Waals surface area contributed by atoms with E-state index < -0.39 is 6.10 Å². The molecule has 0 saturated carbocycles. The van der Waals surface area contributed by atoms with Gasteiger partial charge >= 0.3 is 0 Å². The van der Waals surface area contributed by atoms with Crippen molar-refractivity contribution in [3.63, 3.8) is 0 Å². The van der Waals surface area contributed by atoms with Crippen LogP contribution in [0.3, 0.4) is 0 Å². The summed E-state index contributed by atoms with van der Waals surface area (Å²) >= 11 is 0. The zero-order valence-corrected chi connectivity index (χ0v) is 12.0. The summed E-state index contributed by atoms with van der Waals surface area (Å²) in [5, 5.41) is 12.7. The molecule has 18 heavy (non-hydrogen) atoms. The summed E-state index contributed by atoms with van der Waals surface area (Å²) in [5.74, 6) is 0.684. The highest BCUT2D eigenvalue weighted by atomic mass is 16.5. The predicted octanol–water partition coefficient (Wildman–Crippen LogP) is 0.663.